The number of carbonyl (C=O) groups is 1. The van der Waals surface area contributed by atoms with E-state index in [1.54, 1.807) is 0 Å². The predicted octanol–water partition coefficient (Wildman–Crippen LogP) is 2.09. The summed E-state index contributed by atoms with van der Waals surface area (Å²) >= 11 is 0. The number of rotatable bonds is 6. The molecule has 4 nitrogen and oxygen atoms in total. The van der Waals surface area contributed by atoms with E-state index in [0.29, 0.717) is 6.42 Å². The average molecular weight is 274 g/mol. The van der Waals surface area contributed by atoms with Crippen molar-refractivity contribution in [1.29, 1.82) is 0 Å². The third-order valence-corrected chi connectivity index (χ3v) is 3.64. The normalized spacial score (nSPS) is 12.6. The van der Waals surface area contributed by atoms with Crippen LogP contribution >= 0.6 is 0 Å². The number of hydrogen-bond acceptors (Lipinski definition) is 2. The summed E-state index contributed by atoms with van der Waals surface area (Å²) in [6, 6.07) is 7.97. The van der Waals surface area contributed by atoms with Gasteiger partial charge in [-0.2, -0.15) is 0 Å². The minimum Gasteiger partial charge on any atom is -0.394 e. The van der Waals surface area contributed by atoms with Crippen LogP contribution in [0.5, 0.6) is 0 Å². The largest absolute Gasteiger partial charge is 0.394 e. The molecule has 2 N–H and O–H groups in total. The van der Waals surface area contributed by atoms with Crippen LogP contribution in [0.3, 0.4) is 0 Å². The standard InChI is InChI=1S/C16H22N2O2/c1-3-13(11-19)17-16(20)9-12-10-18(4-2)15-8-6-5-7-14(12)15/h5-8,10,13,19H,3-4,9,11H2,1-2H3,(H,17,20). The first-order valence-corrected chi connectivity index (χ1v) is 7.16. The van der Waals surface area contributed by atoms with Crippen LogP contribution in [-0.2, 0) is 17.8 Å². The van der Waals surface area contributed by atoms with Crippen LogP contribution in [0, 0.1) is 0 Å². The summed E-state index contributed by atoms with van der Waals surface area (Å²) in [5.41, 5.74) is 2.19. The van der Waals surface area contributed by atoms with E-state index >= 15 is 0 Å². The summed E-state index contributed by atoms with van der Waals surface area (Å²) in [6.45, 7) is 4.91. The Balaban J connectivity index is 2.19. The minimum absolute atomic E-state index is 0.0149. The Morgan fingerprint density at radius 2 is 2.10 bits per heavy atom. The van der Waals surface area contributed by atoms with Crippen LogP contribution in [0.2, 0.25) is 0 Å². The zero-order chi connectivity index (χ0) is 14.5. The second-order valence-corrected chi connectivity index (χ2v) is 4.99. The molecule has 1 amide bonds. The lowest BCUT2D eigenvalue weighted by atomic mass is 10.1. The second-order valence-electron chi connectivity index (χ2n) is 4.99. The second kappa shape index (κ2) is 6.57. The van der Waals surface area contributed by atoms with Gasteiger partial charge in [0.2, 0.25) is 5.91 Å². The minimum atomic E-state index is -0.151. The van der Waals surface area contributed by atoms with E-state index in [1.807, 2.05) is 31.3 Å². The Morgan fingerprint density at radius 3 is 2.75 bits per heavy atom. The number of fused-ring (bicyclic) bond motifs is 1. The number of nitrogens with one attached hydrogen (secondary N) is 1. The van der Waals surface area contributed by atoms with Crippen molar-refractivity contribution in [3.63, 3.8) is 0 Å². The zero-order valence-electron chi connectivity index (χ0n) is 12.1. The maximum Gasteiger partial charge on any atom is 0.224 e. The van der Waals surface area contributed by atoms with Gasteiger partial charge in [0.15, 0.2) is 0 Å². The molecular weight excluding hydrogens is 252 g/mol. The van der Waals surface area contributed by atoms with Crippen LogP contribution in [0.4, 0.5) is 0 Å². The van der Waals surface area contributed by atoms with Crippen molar-refractivity contribution >= 4 is 16.8 Å². The summed E-state index contributed by atoms with van der Waals surface area (Å²) in [4.78, 5) is 12.1. The number of aliphatic hydroxyl groups excluding tert-OH is 1. The fourth-order valence-corrected chi connectivity index (χ4v) is 2.45. The molecule has 0 radical (unpaired) electrons. The molecule has 1 aromatic heterocycles. The van der Waals surface area contributed by atoms with Gasteiger partial charge in [0.25, 0.3) is 0 Å². The molecule has 0 saturated carbocycles. The molecule has 1 atom stereocenters. The van der Waals surface area contributed by atoms with E-state index in [9.17, 15) is 4.79 Å². The monoisotopic (exact) mass is 274 g/mol. The quantitative estimate of drug-likeness (QED) is 0.847. The molecule has 20 heavy (non-hydrogen) atoms. The lowest BCUT2D eigenvalue weighted by Gasteiger charge is -2.13. The van der Waals surface area contributed by atoms with Crippen LogP contribution in [-0.4, -0.2) is 28.2 Å². The number of aromatic nitrogens is 1. The first-order valence-electron chi connectivity index (χ1n) is 7.16. The maximum atomic E-state index is 12.1. The van der Waals surface area contributed by atoms with Gasteiger partial charge in [0.05, 0.1) is 19.1 Å². The Morgan fingerprint density at radius 1 is 1.35 bits per heavy atom. The molecule has 0 bridgehead atoms. The van der Waals surface area contributed by atoms with Gasteiger partial charge in [-0.3, -0.25) is 4.79 Å². The number of amides is 1. The van der Waals surface area contributed by atoms with Gasteiger partial charge in [-0.25, -0.2) is 0 Å². The Kier molecular flexibility index (Phi) is 4.79. The fourth-order valence-electron chi connectivity index (χ4n) is 2.45. The lowest BCUT2D eigenvalue weighted by molar-refractivity contribution is -0.121. The first kappa shape index (κ1) is 14.6. The highest BCUT2D eigenvalue weighted by molar-refractivity contribution is 5.89. The molecule has 1 aromatic carbocycles. The van der Waals surface area contributed by atoms with Gasteiger partial charge in [-0.15, -0.1) is 0 Å². The number of aryl methyl sites for hydroxylation is 1. The summed E-state index contributed by atoms with van der Waals surface area (Å²) in [5, 5.41) is 13.1. The number of benzene rings is 1. The molecule has 2 aromatic rings. The summed E-state index contributed by atoms with van der Waals surface area (Å²) < 4.78 is 2.15. The molecule has 0 aliphatic carbocycles. The van der Waals surface area contributed by atoms with E-state index in [1.165, 1.54) is 0 Å². The van der Waals surface area contributed by atoms with Crippen molar-refractivity contribution in [3.8, 4) is 0 Å². The highest BCUT2D eigenvalue weighted by atomic mass is 16.3. The maximum absolute atomic E-state index is 12.1. The van der Waals surface area contributed by atoms with Crippen molar-refractivity contribution in [2.75, 3.05) is 6.61 Å². The average Bonchev–Trinajstić information content (AvgIpc) is 2.83. The van der Waals surface area contributed by atoms with Crippen molar-refractivity contribution in [3.05, 3.63) is 36.0 Å². The Hall–Kier alpha value is -1.81. The predicted molar refractivity (Wildman–Crippen MR) is 80.6 cm³/mol. The van der Waals surface area contributed by atoms with Crippen LogP contribution in [0.25, 0.3) is 10.9 Å². The van der Waals surface area contributed by atoms with Gasteiger partial charge in [-0.1, -0.05) is 25.1 Å². The van der Waals surface area contributed by atoms with Crippen molar-refractivity contribution in [1.82, 2.24) is 9.88 Å². The van der Waals surface area contributed by atoms with E-state index in [-0.39, 0.29) is 18.6 Å². The Bertz CT molecular complexity index is 585. The van der Waals surface area contributed by atoms with E-state index in [2.05, 4.69) is 22.9 Å². The molecular formula is C16H22N2O2. The third kappa shape index (κ3) is 3.02. The summed E-state index contributed by atoms with van der Waals surface area (Å²) in [6.07, 6.45) is 3.13. The molecule has 1 heterocycles. The fraction of sp³-hybridized carbons (Fsp3) is 0.438. The first-order chi connectivity index (χ1) is 9.69. The molecule has 0 aliphatic heterocycles. The number of para-hydroxylation sites is 1. The molecule has 108 valence electrons. The molecule has 0 spiro atoms. The van der Waals surface area contributed by atoms with Crippen LogP contribution < -0.4 is 5.32 Å². The number of carbonyl (C=O) groups excluding carboxylic acids is 1. The number of nitrogens with zero attached hydrogens (tertiary/aromatic N) is 1. The van der Waals surface area contributed by atoms with Gasteiger partial charge >= 0.3 is 0 Å². The third-order valence-electron chi connectivity index (χ3n) is 3.64. The van der Waals surface area contributed by atoms with Gasteiger partial charge in [-0.05, 0) is 25.0 Å². The van der Waals surface area contributed by atoms with Gasteiger partial charge < -0.3 is 15.0 Å². The summed E-state index contributed by atoms with van der Waals surface area (Å²) in [7, 11) is 0. The van der Waals surface area contributed by atoms with Gasteiger partial charge in [0.1, 0.15) is 0 Å². The molecule has 2 rings (SSSR count). The smallest absolute Gasteiger partial charge is 0.224 e. The number of aliphatic hydroxyl groups is 1. The number of hydrogen-bond donors (Lipinski definition) is 2. The summed E-state index contributed by atoms with van der Waals surface area (Å²) in [5.74, 6) is -0.0371. The van der Waals surface area contributed by atoms with E-state index in [0.717, 1.165) is 29.4 Å². The highest BCUT2D eigenvalue weighted by Gasteiger charge is 2.13. The molecule has 0 saturated heterocycles. The van der Waals surface area contributed by atoms with Crippen molar-refractivity contribution in [2.45, 2.75) is 39.3 Å². The Labute approximate surface area is 119 Å². The highest BCUT2D eigenvalue weighted by Crippen LogP contribution is 2.21. The zero-order valence-corrected chi connectivity index (χ0v) is 12.1. The SMILES string of the molecule is CCC(CO)NC(=O)Cc1cn(CC)c2ccccc12. The molecule has 1 unspecified atom stereocenters. The van der Waals surface area contributed by atoms with E-state index < -0.39 is 0 Å². The van der Waals surface area contributed by atoms with E-state index in [4.69, 9.17) is 5.11 Å². The van der Waals surface area contributed by atoms with Crippen molar-refractivity contribution in [2.24, 2.45) is 0 Å². The lowest BCUT2D eigenvalue weighted by Crippen LogP contribution is -2.37. The molecule has 0 aliphatic rings. The van der Waals surface area contributed by atoms with Gasteiger partial charge in [0, 0.05) is 23.6 Å². The van der Waals surface area contributed by atoms with Crippen molar-refractivity contribution < 1.29 is 9.90 Å². The topological polar surface area (TPSA) is 54.3 Å². The van der Waals surface area contributed by atoms with Crippen LogP contribution in [0.1, 0.15) is 25.8 Å². The van der Waals surface area contributed by atoms with Crippen LogP contribution in [0.15, 0.2) is 30.5 Å². The molecule has 0 fully saturated rings. The molecule has 4 heteroatoms.